The van der Waals surface area contributed by atoms with E-state index in [1.807, 2.05) is 17.9 Å². The van der Waals surface area contributed by atoms with E-state index in [-0.39, 0.29) is 12.7 Å². The quantitative estimate of drug-likeness (QED) is 0.832. The summed E-state index contributed by atoms with van der Waals surface area (Å²) in [6.45, 7) is 4.41. The highest BCUT2D eigenvalue weighted by atomic mass is 16.5. The Morgan fingerprint density at radius 3 is 3.06 bits per heavy atom. The number of likely N-dealkylation sites (N-methyl/N-ethyl adjacent to an activating group) is 1. The lowest BCUT2D eigenvalue weighted by Crippen LogP contribution is -2.27. The van der Waals surface area contributed by atoms with Crippen LogP contribution in [0.2, 0.25) is 0 Å². The van der Waals surface area contributed by atoms with Gasteiger partial charge in [-0.3, -0.25) is 0 Å². The van der Waals surface area contributed by atoms with Crippen molar-refractivity contribution in [1.29, 1.82) is 0 Å². The zero-order valence-corrected chi connectivity index (χ0v) is 10.2. The van der Waals surface area contributed by atoms with Crippen LogP contribution < -0.4 is 4.90 Å². The molecule has 94 valence electrons. The van der Waals surface area contributed by atoms with Gasteiger partial charge in [-0.1, -0.05) is 0 Å². The predicted molar refractivity (Wildman–Crippen MR) is 64.9 cm³/mol. The van der Waals surface area contributed by atoms with Crippen molar-refractivity contribution in [3.8, 4) is 0 Å². The minimum atomic E-state index is 0.115. The molecule has 5 nitrogen and oxygen atoms in total. The summed E-state index contributed by atoms with van der Waals surface area (Å²) >= 11 is 0. The van der Waals surface area contributed by atoms with Crippen molar-refractivity contribution >= 4 is 5.82 Å². The third-order valence-corrected chi connectivity index (χ3v) is 3.01. The molecule has 0 amide bonds. The Morgan fingerprint density at radius 2 is 2.41 bits per heavy atom. The third kappa shape index (κ3) is 2.92. The van der Waals surface area contributed by atoms with Crippen LogP contribution in [-0.2, 0) is 4.74 Å². The Kier molecular flexibility index (Phi) is 4.28. The topological polar surface area (TPSA) is 58.5 Å². The van der Waals surface area contributed by atoms with Crippen molar-refractivity contribution in [3.63, 3.8) is 0 Å². The van der Waals surface area contributed by atoms with Gasteiger partial charge in [0.2, 0.25) is 0 Å². The fourth-order valence-corrected chi connectivity index (χ4v) is 2.08. The molecule has 1 N–H and O–H groups in total. The van der Waals surface area contributed by atoms with Crippen molar-refractivity contribution in [2.45, 2.75) is 25.9 Å². The first-order valence-corrected chi connectivity index (χ1v) is 6.14. The molecule has 0 aliphatic carbocycles. The number of ether oxygens (including phenoxy) is 1. The normalized spacial score (nSPS) is 19.5. The molecule has 0 saturated carbocycles. The van der Waals surface area contributed by atoms with Crippen LogP contribution in [0.15, 0.2) is 12.4 Å². The van der Waals surface area contributed by atoms with Crippen LogP contribution in [0.4, 0.5) is 5.82 Å². The van der Waals surface area contributed by atoms with Gasteiger partial charge >= 0.3 is 0 Å². The predicted octanol–water partition coefficient (Wildman–Crippen LogP) is 1.15. The number of nitrogens with zero attached hydrogens (tertiary/aromatic N) is 3. The zero-order chi connectivity index (χ0) is 12.1. The second kappa shape index (κ2) is 5.93. The van der Waals surface area contributed by atoms with E-state index < -0.39 is 0 Å². The SMILES string of the molecule is CCN(CCO)c1cc(C2CCCO2)ncn1. The van der Waals surface area contributed by atoms with Gasteiger partial charge in [0.1, 0.15) is 12.1 Å². The maximum atomic E-state index is 9.00. The summed E-state index contributed by atoms with van der Waals surface area (Å²) in [6.07, 6.45) is 3.82. The van der Waals surface area contributed by atoms with Crippen LogP contribution in [0.5, 0.6) is 0 Å². The molecule has 1 fully saturated rings. The Balaban J connectivity index is 2.14. The summed E-state index contributed by atoms with van der Waals surface area (Å²) in [5.74, 6) is 0.863. The summed E-state index contributed by atoms with van der Waals surface area (Å²) in [5.41, 5.74) is 0.948. The molecule has 1 aliphatic rings. The molecule has 0 aromatic carbocycles. The van der Waals surface area contributed by atoms with Crippen molar-refractivity contribution in [2.24, 2.45) is 0 Å². The van der Waals surface area contributed by atoms with Gasteiger partial charge in [0.15, 0.2) is 0 Å². The number of rotatable bonds is 5. The molecule has 1 atom stereocenters. The average molecular weight is 237 g/mol. The number of aliphatic hydroxyl groups is 1. The summed E-state index contributed by atoms with van der Waals surface area (Å²) in [5, 5.41) is 9.00. The molecule has 0 spiro atoms. The highest BCUT2D eigenvalue weighted by Gasteiger charge is 2.20. The summed E-state index contributed by atoms with van der Waals surface area (Å²) in [4.78, 5) is 10.5. The van der Waals surface area contributed by atoms with Crippen molar-refractivity contribution in [1.82, 2.24) is 9.97 Å². The molecule has 2 heterocycles. The van der Waals surface area contributed by atoms with Gasteiger partial charge in [-0.25, -0.2) is 9.97 Å². The fraction of sp³-hybridized carbons (Fsp3) is 0.667. The number of hydrogen-bond donors (Lipinski definition) is 1. The molecule has 2 rings (SSSR count). The molecule has 1 aromatic rings. The molecular formula is C12H19N3O2. The molecule has 0 bridgehead atoms. The first-order chi connectivity index (χ1) is 8.35. The van der Waals surface area contributed by atoms with Gasteiger partial charge < -0.3 is 14.7 Å². The molecular weight excluding hydrogens is 218 g/mol. The van der Waals surface area contributed by atoms with Gasteiger partial charge in [-0.15, -0.1) is 0 Å². The Bertz CT molecular complexity index is 353. The lowest BCUT2D eigenvalue weighted by Gasteiger charge is -2.21. The van der Waals surface area contributed by atoms with E-state index in [0.29, 0.717) is 6.54 Å². The minimum Gasteiger partial charge on any atom is -0.395 e. The van der Waals surface area contributed by atoms with E-state index in [4.69, 9.17) is 9.84 Å². The van der Waals surface area contributed by atoms with E-state index in [1.165, 1.54) is 0 Å². The van der Waals surface area contributed by atoms with E-state index >= 15 is 0 Å². The maximum Gasteiger partial charge on any atom is 0.132 e. The van der Waals surface area contributed by atoms with Gasteiger partial charge in [-0.2, -0.15) is 0 Å². The average Bonchev–Trinajstić information content (AvgIpc) is 2.90. The minimum absolute atomic E-state index is 0.115. The summed E-state index contributed by atoms with van der Waals surface area (Å²) in [7, 11) is 0. The van der Waals surface area contributed by atoms with E-state index in [2.05, 4.69) is 9.97 Å². The summed E-state index contributed by atoms with van der Waals surface area (Å²) < 4.78 is 5.61. The van der Waals surface area contributed by atoms with E-state index in [9.17, 15) is 0 Å². The highest BCUT2D eigenvalue weighted by molar-refractivity contribution is 5.39. The standard InChI is InChI=1S/C12H19N3O2/c1-2-15(5-6-16)12-8-10(13-9-14-12)11-4-3-7-17-11/h8-9,11,16H,2-7H2,1H3. The van der Waals surface area contributed by atoms with Crippen LogP contribution in [0.1, 0.15) is 31.6 Å². The van der Waals surface area contributed by atoms with Crippen LogP contribution in [0.3, 0.4) is 0 Å². The maximum absolute atomic E-state index is 9.00. The lowest BCUT2D eigenvalue weighted by molar-refractivity contribution is 0.108. The fourth-order valence-electron chi connectivity index (χ4n) is 2.08. The lowest BCUT2D eigenvalue weighted by atomic mass is 10.2. The Labute approximate surface area is 101 Å². The van der Waals surface area contributed by atoms with Crippen molar-refractivity contribution in [2.75, 3.05) is 31.2 Å². The van der Waals surface area contributed by atoms with E-state index in [0.717, 1.165) is 37.5 Å². The molecule has 0 radical (unpaired) electrons. The monoisotopic (exact) mass is 237 g/mol. The van der Waals surface area contributed by atoms with Crippen LogP contribution in [-0.4, -0.2) is 41.4 Å². The first-order valence-electron chi connectivity index (χ1n) is 6.14. The van der Waals surface area contributed by atoms with Crippen molar-refractivity contribution in [3.05, 3.63) is 18.1 Å². The molecule has 17 heavy (non-hydrogen) atoms. The summed E-state index contributed by atoms with van der Waals surface area (Å²) in [6, 6.07) is 1.97. The number of anilines is 1. The van der Waals surface area contributed by atoms with Crippen LogP contribution in [0, 0.1) is 0 Å². The molecule has 1 unspecified atom stereocenters. The zero-order valence-electron chi connectivity index (χ0n) is 10.2. The van der Waals surface area contributed by atoms with Crippen LogP contribution in [0.25, 0.3) is 0 Å². The number of hydrogen-bond acceptors (Lipinski definition) is 5. The van der Waals surface area contributed by atoms with Gasteiger partial charge in [0.25, 0.3) is 0 Å². The van der Waals surface area contributed by atoms with Crippen molar-refractivity contribution < 1.29 is 9.84 Å². The van der Waals surface area contributed by atoms with Gasteiger partial charge in [0.05, 0.1) is 18.4 Å². The first kappa shape index (κ1) is 12.3. The second-order valence-corrected chi connectivity index (χ2v) is 4.11. The molecule has 1 saturated heterocycles. The van der Waals surface area contributed by atoms with Crippen LogP contribution >= 0.6 is 0 Å². The smallest absolute Gasteiger partial charge is 0.132 e. The van der Waals surface area contributed by atoms with Gasteiger partial charge in [0, 0.05) is 25.8 Å². The number of aliphatic hydroxyl groups excluding tert-OH is 1. The highest BCUT2D eigenvalue weighted by Crippen LogP contribution is 2.28. The van der Waals surface area contributed by atoms with E-state index in [1.54, 1.807) is 6.33 Å². The largest absolute Gasteiger partial charge is 0.395 e. The second-order valence-electron chi connectivity index (χ2n) is 4.11. The third-order valence-electron chi connectivity index (χ3n) is 3.01. The molecule has 1 aromatic heterocycles. The Hall–Kier alpha value is -1.20. The Morgan fingerprint density at radius 1 is 1.53 bits per heavy atom. The molecule has 5 heteroatoms. The molecule has 1 aliphatic heterocycles. The van der Waals surface area contributed by atoms with Gasteiger partial charge in [-0.05, 0) is 19.8 Å². The number of aromatic nitrogens is 2.